The minimum Gasteiger partial charge on any atom is -0.497 e. The topological polar surface area (TPSA) is 85.9 Å². The van der Waals surface area contributed by atoms with Gasteiger partial charge in [-0.05, 0) is 51.1 Å². The van der Waals surface area contributed by atoms with Gasteiger partial charge in [0.15, 0.2) is 0 Å². The van der Waals surface area contributed by atoms with Crippen molar-refractivity contribution in [3.05, 3.63) is 47.8 Å². The first-order valence-electron chi connectivity index (χ1n) is 8.46. The standard InChI is InChI=1S/C20H23FN2O5/c1-20(2,3)28-19(25)23-16-10-12(6-9-17(16)27-5)22-18(24)14-8-7-13(26-4)11-15(14)21/h6-11H,1-5H3,(H,22,24)(H,23,25). The van der Waals surface area contributed by atoms with Crippen LogP contribution in [0.5, 0.6) is 11.5 Å². The van der Waals surface area contributed by atoms with Gasteiger partial charge in [0.25, 0.3) is 5.91 Å². The van der Waals surface area contributed by atoms with Crippen LogP contribution in [0.15, 0.2) is 36.4 Å². The fourth-order valence-corrected chi connectivity index (χ4v) is 2.30. The van der Waals surface area contributed by atoms with E-state index >= 15 is 0 Å². The summed E-state index contributed by atoms with van der Waals surface area (Å²) < 4.78 is 29.4. The molecule has 0 fully saturated rings. The quantitative estimate of drug-likeness (QED) is 0.788. The van der Waals surface area contributed by atoms with E-state index in [1.54, 1.807) is 32.9 Å². The highest BCUT2D eigenvalue weighted by molar-refractivity contribution is 6.05. The molecule has 28 heavy (non-hydrogen) atoms. The Morgan fingerprint density at radius 3 is 2.25 bits per heavy atom. The van der Waals surface area contributed by atoms with Gasteiger partial charge < -0.3 is 19.5 Å². The summed E-state index contributed by atoms with van der Waals surface area (Å²) in [4.78, 5) is 24.4. The summed E-state index contributed by atoms with van der Waals surface area (Å²) in [6.07, 6.45) is -0.671. The molecule has 2 rings (SSSR count). The highest BCUT2D eigenvalue weighted by Crippen LogP contribution is 2.29. The third kappa shape index (κ3) is 5.60. The zero-order valence-corrected chi connectivity index (χ0v) is 16.4. The lowest BCUT2D eigenvalue weighted by Gasteiger charge is -2.20. The lowest BCUT2D eigenvalue weighted by molar-refractivity contribution is 0.0635. The lowest BCUT2D eigenvalue weighted by atomic mass is 10.1. The second kappa shape index (κ2) is 8.60. The van der Waals surface area contributed by atoms with E-state index in [0.717, 1.165) is 6.07 Å². The van der Waals surface area contributed by atoms with Crippen LogP contribution in [0.25, 0.3) is 0 Å². The van der Waals surface area contributed by atoms with Crippen LogP contribution in [0.1, 0.15) is 31.1 Å². The predicted octanol–water partition coefficient (Wildman–Crippen LogP) is 4.44. The Morgan fingerprint density at radius 2 is 1.68 bits per heavy atom. The zero-order valence-electron chi connectivity index (χ0n) is 16.4. The molecule has 2 aromatic carbocycles. The molecule has 0 spiro atoms. The maximum Gasteiger partial charge on any atom is 0.412 e. The number of hydrogen-bond donors (Lipinski definition) is 2. The van der Waals surface area contributed by atoms with Gasteiger partial charge in [-0.2, -0.15) is 0 Å². The number of anilines is 2. The molecule has 0 heterocycles. The van der Waals surface area contributed by atoms with Crippen molar-refractivity contribution in [2.24, 2.45) is 0 Å². The van der Waals surface area contributed by atoms with Crippen LogP contribution in [0.4, 0.5) is 20.6 Å². The van der Waals surface area contributed by atoms with Crippen LogP contribution >= 0.6 is 0 Å². The van der Waals surface area contributed by atoms with Crippen LogP contribution in [0.2, 0.25) is 0 Å². The van der Waals surface area contributed by atoms with Gasteiger partial charge in [-0.25, -0.2) is 9.18 Å². The van der Waals surface area contributed by atoms with E-state index in [2.05, 4.69) is 10.6 Å². The van der Waals surface area contributed by atoms with Gasteiger partial charge >= 0.3 is 6.09 Å². The number of rotatable bonds is 5. The minimum absolute atomic E-state index is 0.140. The Hall–Kier alpha value is -3.29. The van der Waals surface area contributed by atoms with Gasteiger partial charge in [-0.1, -0.05) is 0 Å². The largest absolute Gasteiger partial charge is 0.497 e. The van der Waals surface area contributed by atoms with E-state index in [0.29, 0.717) is 22.9 Å². The molecule has 0 aliphatic carbocycles. The molecule has 0 unspecified atom stereocenters. The summed E-state index contributed by atoms with van der Waals surface area (Å²) in [7, 11) is 2.85. The van der Waals surface area contributed by atoms with Crippen LogP contribution in [-0.4, -0.2) is 31.8 Å². The van der Waals surface area contributed by atoms with Crippen molar-refractivity contribution in [3.8, 4) is 11.5 Å². The van der Waals surface area contributed by atoms with E-state index in [1.165, 1.54) is 32.4 Å². The highest BCUT2D eigenvalue weighted by Gasteiger charge is 2.18. The molecule has 150 valence electrons. The molecule has 7 nitrogen and oxygen atoms in total. The molecule has 8 heteroatoms. The number of hydrogen-bond acceptors (Lipinski definition) is 5. The zero-order chi connectivity index (χ0) is 20.9. The van der Waals surface area contributed by atoms with Crippen molar-refractivity contribution in [1.29, 1.82) is 0 Å². The Morgan fingerprint density at radius 1 is 0.964 bits per heavy atom. The normalized spacial score (nSPS) is 10.8. The average Bonchev–Trinajstić information content (AvgIpc) is 2.60. The van der Waals surface area contributed by atoms with Crippen molar-refractivity contribution in [1.82, 2.24) is 0 Å². The maximum absolute atomic E-state index is 14.1. The predicted molar refractivity (Wildman–Crippen MR) is 104 cm³/mol. The van der Waals surface area contributed by atoms with Crippen LogP contribution < -0.4 is 20.1 Å². The van der Waals surface area contributed by atoms with Crippen molar-refractivity contribution < 1.29 is 28.2 Å². The number of amides is 2. The molecule has 0 saturated carbocycles. The lowest BCUT2D eigenvalue weighted by Crippen LogP contribution is -2.27. The van der Waals surface area contributed by atoms with E-state index in [4.69, 9.17) is 14.2 Å². The fraction of sp³-hybridized carbons (Fsp3) is 0.300. The van der Waals surface area contributed by atoms with E-state index in [-0.39, 0.29) is 5.56 Å². The summed E-state index contributed by atoms with van der Waals surface area (Å²) >= 11 is 0. The smallest absolute Gasteiger partial charge is 0.412 e. The number of benzene rings is 2. The summed E-state index contributed by atoms with van der Waals surface area (Å²) in [5.41, 5.74) is -0.176. The number of carbonyl (C=O) groups excluding carboxylic acids is 2. The van der Waals surface area contributed by atoms with Crippen molar-refractivity contribution in [2.75, 3.05) is 24.9 Å². The molecule has 0 aliphatic heterocycles. The first kappa shape index (κ1) is 21.0. The van der Waals surface area contributed by atoms with Gasteiger partial charge in [0.2, 0.25) is 0 Å². The molecular weight excluding hydrogens is 367 g/mol. The van der Waals surface area contributed by atoms with Gasteiger partial charge in [-0.15, -0.1) is 0 Å². The minimum atomic E-state index is -0.711. The average molecular weight is 390 g/mol. The van der Waals surface area contributed by atoms with Crippen molar-refractivity contribution in [2.45, 2.75) is 26.4 Å². The Kier molecular flexibility index (Phi) is 6.45. The molecule has 0 radical (unpaired) electrons. The SMILES string of the molecule is COc1ccc(C(=O)Nc2ccc(OC)c(NC(=O)OC(C)(C)C)c2)c(F)c1. The number of methoxy groups -OCH3 is 2. The van der Waals surface area contributed by atoms with Crippen molar-refractivity contribution >= 4 is 23.4 Å². The second-order valence-electron chi connectivity index (χ2n) is 6.84. The monoisotopic (exact) mass is 390 g/mol. The Balaban J connectivity index is 2.20. The maximum atomic E-state index is 14.1. The summed E-state index contributed by atoms with van der Waals surface area (Å²) in [6.45, 7) is 5.22. The third-order valence-corrected chi connectivity index (χ3v) is 3.51. The molecule has 2 N–H and O–H groups in total. The number of carbonyl (C=O) groups is 2. The highest BCUT2D eigenvalue weighted by atomic mass is 19.1. The first-order valence-corrected chi connectivity index (χ1v) is 8.46. The molecule has 2 amide bonds. The van der Waals surface area contributed by atoms with Crippen LogP contribution in [0, 0.1) is 5.82 Å². The molecule has 0 bridgehead atoms. The summed E-state index contributed by atoms with van der Waals surface area (Å²) in [5, 5.41) is 5.15. The van der Waals surface area contributed by atoms with Gasteiger partial charge in [-0.3, -0.25) is 10.1 Å². The van der Waals surface area contributed by atoms with E-state index < -0.39 is 23.4 Å². The third-order valence-electron chi connectivity index (χ3n) is 3.51. The summed E-state index contributed by atoms with van der Waals surface area (Å²) in [5.74, 6) is -0.673. The molecule has 0 aliphatic rings. The van der Waals surface area contributed by atoms with Crippen LogP contribution in [0.3, 0.4) is 0 Å². The van der Waals surface area contributed by atoms with Gasteiger partial charge in [0.05, 0.1) is 25.5 Å². The van der Waals surface area contributed by atoms with E-state index in [9.17, 15) is 14.0 Å². The number of nitrogens with one attached hydrogen (secondary N) is 2. The summed E-state index contributed by atoms with van der Waals surface area (Å²) in [6, 6.07) is 8.56. The van der Waals surface area contributed by atoms with E-state index in [1.807, 2.05) is 0 Å². The van der Waals surface area contributed by atoms with Gasteiger partial charge in [0.1, 0.15) is 22.9 Å². The molecule has 0 saturated heterocycles. The fourth-order valence-electron chi connectivity index (χ4n) is 2.30. The molecular formula is C20H23FN2O5. The molecule has 2 aromatic rings. The first-order chi connectivity index (χ1) is 13.1. The number of ether oxygens (including phenoxy) is 3. The Bertz CT molecular complexity index is 877. The van der Waals surface area contributed by atoms with Gasteiger partial charge in [0, 0.05) is 11.8 Å². The van der Waals surface area contributed by atoms with Crippen molar-refractivity contribution in [3.63, 3.8) is 0 Å². The molecule has 0 atom stereocenters. The van der Waals surface area contributed by atoms with Crippen LogP contribution in [-0.2, 0) is 4.74 Å². The Labute approximate surface area is 162 Å². The molecule has 0 aromatic heterocycles. The second-order valence-corrected chi connectivity index (χ2v) is 6.84. The number of halogens is 1.